The first-order valence-electron chi connectivity index (χ1n) is 7.66. The summed E-state index contributed by atoms with van der Waals surface area (Å²) < 4.78 is 4.91. The number of ether oxygens (including phenoxy) is 1. The number of carbonyl (C=O) groups excluding carboxylic acids is 1. The molecule has 2 rings (SSSR count). The minimum Gasteiger partial charge on any atom is -0.468 e. The molecule has 1 unspecified atom stereocenters. The van der Waals surface area contributed by atoms with E-state index in [9.17, 15) is 4.79 Å². The van der Waals surface area contributed by atoms with Crippen LogP contribution in [0.2, 0.25) is 0 Å². The summed E-state index contributed by atoms with van der Waals surface area (Å²) in [7, 11) is 1.43. The molecule has 0 aliphatic carbocycles. The third-order valence-corrected chi connectivity index (χ3v) is 3.75. The highest BCUT2D eigenvalue weighted by atomic mass is 16.5. The van der Waals surface area contributed by atoms with Crippen molar-refractivity contribution in [1.82, 2.24) is 5.32 Å². The van der Waals surface area contributed by atoms with Gasteiger partial charge in [0.05, 0.1) is 7.11 Å². The quantitative estimate of drug-likeness (QED) is 0.798. The standard InChI is InChI=1S/C19H23NO2/c1-3-15-9-11-17(12-10-15)14-20-18(19(21)22-2)13-16-7-5-4-6-8-16/h4-12,18,20H,3,13-14H2,1-2H3. The summed E-state index contributed by atoms with van der Waals surface area (Å²) in [5.74, 6) is -0.228. The summed E-state index contributed by atoms with van der Waals surface area (Å²) in [5.41, 5.74) is 3.60. The van der Waals surface area contributed by atoms with Gasteiger partial charge in [-0.3, -0.25) is 4.79 Å². The van der Waals surface area contributed by atoms with Crippen LogP contribution in [-0.2, 0) is 28.9 Å². The Kier molecular flexibility index (Phi) is 6.16. The van der Waals surface area contributed by atoms with E-state index < -0.39 is 0 Å². The van der Waals surface area contributed by atoms with Crippen LogP contribution in [0.1, 0.15) is 23.6 Å². The molecule has 0 spiro atoms. The predicted octanol–water partition coefficient (Wildman–Crippen LogP) is 3.12. The lowest BCUT2D eigenvalue weighted by Crippen LogP contribution is -2.39. The molecule has 22 heavy (non-hydrogen) atoms. The average molecular weight is 297 g/mol. The van der Waals surface area contributed by atoms with Crippen LogP contribution < -0.4 is 5.32 Å². The lowest BCUT2D eigenvalue weighted by Gasteiger charge is -2.17. The van der Waals surface area contributed by atoms with Crippen LogP contribution in [0, 0.1) is 0 Å². The topological polar surface area (TPSA) is 38.3 Å². The molecule has 0 aliphatic heterocycles. The molecule has 1 atom stereocenters. The molecule has 0 heterocycles. The number of esters is 1. The number of nitrogens with one attached hydrogen (secondary N) is 1. The Morgan fingerprint density at radius 1 is 1.00 bits per heavy atom. The molecule has 3 heteroatoms. The van der Waals surface area contributed by atoms with Gasteiger partial charge in [0.15, 0.2) is 0 Å². The van der Waals surface area contributed by atoms with E-state index >= 15 is 0 Å². The van der Waals surface area contributed by atoms with Crippen molar-refractivity contribution in [2.75, 3.05) is 7.11 Å². The fourth-order valence-corrected chi connectivity index (χ4v) is 2.36. The van der Waals surface area contributed by atoms with E-state index in [0.29, 0.717) is 13.0 Å². The summed E-state index contributed by atoms with van der Waals surface area (Å²) in [6.45, 7) is 2.79. The zero-order chi connectivity index (χ0) is 15.8. The molecule has 0 aliphatic rings. The van der Waals surface area contributed by atoms with Gasteiger partial charge in [0.1, 0.15) is 6.04 Å². The van der Waals surface area contributed by atoms with Gasteiger partial charge in [-0.2, -0.15) is 0 Å². The molecule has 0 fully saturated rings. The predicted molar refractivity (Wildman–Crippen MR) is 88.6 cm³/mol. The maximum Gasteiger partial charge on any atom is 0.323 e. The second kappa shape index (κ2) is 8.35. The van der Waals surface area contributed by atoms with Gasteiger partial charge in [-0.15, -0.1) is 0 Å². The van der Waals surface area contributed by atoms with Crippen molar-refractivity contribution < 1.29 is 9.53 Å². The van der Waals surface area contributed by atoms with Gasteiger partial charge in [-0.1, -0.05) is 61.5 Å². The molecule has 0 radical (unpaired) electrons. The number of carbonyl (C=O) groups is 1. The average Bonchev–Trinajstić information content (AvgIpc) is 2.59. The van der Waals surface area contributed by atoms with Crippen molar-refractivity contribution in [3.8, 4) is 0 Å². The molecule has 2 aromatic rings. The van der Waals surface area contributed by atoms with Gasteiger partial charge in [-0.25, -0.2) is 0 Å². The van der Waals surface area contributed by atoms with E-state index in [1.807, 2.05) is 30.3 Å². The molecule has 3 nitrogen and oxygen atoms in total. The van der Waals surface area contributed by atoms with Crippen LogP contribution in [-0.4, -0.2) is 19.1 Å². The van der Waals surface area contributed by atoms with Crippen LogP contribution in [0.25, 0.3) is 0 Å². The Hall–Kier alpha value is -2.13. The third kappa shape index (κ3) is 4.71. The van der Waals surface area contributed by atoms with Crippen LogP contribution in [0.15, 0.2) is 54.6 Å². The Morgan fingerprint density at radius 2 is 1.64 bits per heavy atom. The van der Waals surface area contributed by atoms with Gasteiger partial charge < -0.3 is 10.1 Å². The highest BCUT2D eigenvalue weighted by Crippen LogP contribution is 2.08. The van der Waals surface area contributed by atoms with Gasteiger partial charge in [-0.05, 0) is 29.5 Å². The fourth-order valence-electron chi connectivity index (χ4n) is 2.36. The number of benzene rings is 2. The van der Waals surface area contributed by atoms with E-state index in [0.717, 1.165) is 12.0 Å². The van der Waals surface area contributed by atoms with Crippen LogP contribution in [0.4, 0.5) is 0 Å². The first-order chi connectivity index (χ1) is 10.7. The van der Waals surface area contributed by atoms with Crippen molar-refractivity contribution in [2.24, 2.45) is 0 Å². The minimum atomic E-state index is -0.335. The summed E-state index contributed by atoms with van der Waals surface area (Å²) in [5, 5.41) is 3.30. The monoisotopic (exact) mass is 297 g/mol. The van der Waals surface area contributed by atoms with Crippen LogP contribution >= 0.6 is 0 Å². The smallest absolute Gasteiger partial charge is 0.323 e. The third-order valence-electron chi connectivity index (χ3n) is 3.75. The second-order valence-corrected chi connectivity index (χ2v) is 5.32. The van der Waals surface area contributed by atoms with Crippen molar-refractivity contribution in [3.63, 3.8) is 0 Å². The molecule has 0 saturated heterocycles. The summed E-state index contributed by atoms with van der Waals surface area (Å²) >= 11 is 0. The molecule has 0 bridgehead atoms. The molecule has 0 saturated carbocycles. The minimum absolute atomic E-state index is 0.228. The largest absolute Gasteiger partial charge is 0.468 e. The summed E-state index contributed by atoms with van der Waals surface area (Å²) in [6.07, 6.45) is 1.66. The van der Waals surface area contributed by atoms with Crippen molar-refractivity contribution in [3.05, 3.63) is 71.3 Å². The summed E-state index contributed by atoms with van der Waals surface area (Å²) in [6, 6.07) is 18.1. The zero-order valence-electron chi connectivity index (χ0n) is 13.2. The zero-order valence-corrected chi connectivity index (χ0v) is 13.2. The van der Waals surface area contributed by atoms with Crippen molar-refractivity contribution in [2.45, 2.75) is 32.4 Å². The maximum atomic E-state index is 12.0. The Balaban J connectivity index is 1.98. The summed E-state index contributed by atoms with van der Waals surface area (Å²) in [4.78, 5) is 12.0. The Bertz CT molecular complexity index is 578. The number of hydrogen-bond acceptors (Lipinski definition) is 3. The van der Waals surface area contributed by atoms with E-state index in [4.69, 9.17) is 4.74 Å². The van der Waals surface area contributed by atoms with E-state index in [-0.39, 0.29) is 12.0 Å². The number of hydrogen-bond donors (Lipinski definition) is 1. The number of methoxy groups -OCH3 is 1. The molecular formula is C19H23NO2. The van der Waals surface area contributed by atoms with Crippen LogP contribution in [0.5, 0.6) is 0 Å². The number of aryl methyl sites for hydroxylation is 1. The maximum absolute atomic E-state index is 12.0. The highest BCUT2D eigenvalue weighted by molar-refractivity contribution is 5.76. The van der Waals surface area contributed by atoms with Gasteiger partial charge in [0.2, 0.25) is 0 Å². The van der Waals surface area contributed by atoms with Gasteiger partial charge in [0, 0.05) is 6.54 Å². The van der Waals surface area contributed by atoms with E-state index in [1.165, 1.54) is 18.2 Å². The second-order valence-electron chi connectivity index (χ2n) is 5.32. The Morgan fingerprint density at radius 3 is 2.23 bits per heavy atom. The highest BCUT2D eigenvalue weighted by Gasteiger charge is 2.18. The Labute approximate surface area is 132 Å². The van der Waals surface area contributed by atoms with Gasteiger partial charge in [0.25, 0.3) is 0 Å². The fraction of sp³-hybridized carbons (Fsp3) is 0.316. The van der Waals surface area contributed by atoms with Crippen molar-refractivity contribution in [1.29, 1.82) is 0 Å². The number of rotatable bonds is 7. The molecule has 1 N–H and O–H groups in total. The lowest BCUT2D eigenvalue weighted by atomic mass is 10.1. The first-order valence-corrected chi connectivity index (χ1v) is 7.66. The molecule has 0 amide bonds. The van der Waals surface area contributed by atoms with E-state index in [1.54, 1.807) is 0 Å². The lowest BCUT2D eigenvalue weighted by molar-refractivity contribution is -0.143. The first kappa shape index (κ1) is 16.2. The van der Waals surface area contributed by atoms with E-state index in [2.05, 4.69) is 36.5 Å². The molecule has 0 aromatic heterocycles. The van der Waals surface area contributed by atoms with Crippen molar-refractivity contribution >= 4 is 5.97 Å². The van der Waals surface area contributed by atoms with Crippen LogP contribution in [0.3, 0.4) is 0 Å². The molecule has 2 aromatic carbocycles. The van der Waals surface area contributed by atoms with Gasteiger partial charge >= 0.3 is 5.97 Å². The SMILES string of the molecule is CCc1ccc(CNC(Cc2ccccc2)C(=O)OC)cc1. The normalized spacial score (nSPS) is 11.9. The molecule has 116 valence electrons. The molecular weight excluding hydrogens is 274 g/mol.